The number of benzene rings is 1. The molecule has 1 heterocycles. The van der Waals surface area contributed by atoms with E-state index in [4.69, 9.17) is 0 Å². The fraction of sp³-hybridized carbons (Fsp3) is 0. The van der Waals surface area contributed by atoms with Crippen molar-refractivity contribution in [3.8, 4) is 5.75 Å². The summed E-state index contributed by atoms with van der Waals surface area (Å²) in [6, 6.07) is 0.500. The number of nitrogens with zero attached hydrogens (tertiary/aromatic N) is 4. The van der Waals surface area contributed by atoms with Gasteiger partial charge >= 0.3 is 68.3 Å². The first kappa shape index (κ1) is 14.7. The molecule has 0 aliphatic carbocycles. The molecule has 11 nitrogen and oxygen atoms in total. The Hall–Kier alpha value is -1.34. The Bertz CT molecular complexity index is 659. The van der Waals surface area contributed by atoms with E-state index in [0.717, 1.165) is 0 Å². The minimum atomic E-state index is -1.06. The second kappa shape index (κ2) is 5.11. The van der Waals surface area contributed by atoms with Gasteiger partial charge < -0.3 is 11.7 Å². The Kier molecular flexibility index (Phi) is 4.18. The van der Waals surface area contributed by atoms with E-state index < -0.39 is 38.0 Å². The molecular weight excluding hydrogens is 279 g/mol. The molecule has 2 aromatic rings. The molecule has 0 fully saturated rings. The molecule has 0 aliphatic rings. The quantitative estimate of drug-likeness (QED) is 0.265. The van der Waals surface area contributed by atoms with Gasteiger partial charge in [0.1, 0.15) is 6.07 Å². The number of non-ortho nitro benzene ring substituents is 1. The van der Waals surface area contributed by atoms with Gasteiger partial charge in [-0.3, -0.25) is 24.9 Å². The number of nitro groups is 2. The van der Waals surface area contributed by atoms with E-state index in [-0.39, 0.29) is 57.7 Å². The first-order chi connectivity index (χ1) is 7.93. The van der Waals surface area contributed by atoms with Crippen LogP contribution in [-0.4, -0.2) is 20.1 Å². The topological polar surface area (TPSA) is 159 Å². The predicted molar refractivity (Wildman–Crippen MR) is 49.1 cm³/mol. The van der Waals surface area contributed by atoms with E-state index in [0.29, 0.717) is 6.07 Å². The molecule has 12 heteroatoms. The molecular formula is C6H3KN4O7. The van der Waals surface area contributed by atoms with Crippen LogP contribution in [0.15, 0.2) is 10.7 Å². The van der Waals surface area contributed by atoms with Crippen LogP contribution in [0.5, 0.6) is 5.75 Å². The summed E-state index contributed by atoms with van der Waals surface area (Å²) < 4.78 is 4.05. The summed E-state index contributed by atoms with van der Waals surface area (Å²) in [5, 5.41) is 44.6. The van der Waals surface area contributed by atoms with Gasteiger partial charge in [-0.2, -0.15) is 0 Å². The molecule has 90 valence electrons. The van der Waals surface area contributed by atoms with Crippen LogP contribution in [0.4, 0.5) is 11.4 Å². The Labute approximate surface area is 141 Å². The van der Waals surface area contributed by atoms with Crippen LogP contribution in [0, 0.1) is 25.4 Å². The molecule has 0 bridgehead atoms. The van der Waals surface area contributed by atoms with Crippen molar-refractivity contribution in [3.63, 3.8) is 0 Å². The van der Waals surface area contributed by atoms with Crippen molar-refractivity contribution >= 4 is 22.4 Å². The SMILES string of the molecule is O=[N+]([O-])c1cc([N+](=O)[O-])c2no[n+]([O-])c2c1O.[H-].[K+]. The van der Waals surface area contributed by atoms with Gasteiger partial charge in [0, 0.05) is 0 Å². The van der Waals surface area contributed by atoms with E-state index in [1.54, 1.807) is 0 Å². The van der Waals surface area contributed by atoms with Crippen molar-refractivity contribution in [2.45, 2.75) is 0 Å². The monoisotopic (exact) mass is 282 g/mol. The molecule has 0 saturated heterocycles. The third-order valence-electron chi connectivity index (χ3n) is 1.99. The molecule has 0 amide bonds. The number of phenols is 1. The average Bonchev–Trinajstić information content (AvgIpc) is 2.61. The first-order valence-electron chi connectivity index (χ1n) is 3.97. The maximum absolute atomic E-state index is 11.0. The summed E-state index contributed by atoms with van der Waals surface area (Å²) in [4.78, 5) is 18.8. The largest absolute Gasteiger partial charge is 1.00 e. The fourth-order valence-electron chi connectivity index (χ4n) is 1.28. The number of aromatic nitrogens is 2. The van der Waals surface area contributed by atoms with Crippen molar-refractivity contribution in [2.24, 2.45) is 0 Å². The molecule has 1 aromatic heterocycles. The zero-order valence-electron chi connectivity index (χ0n) is 9.76. The number of nitro benzene ring substituents is 2. The van der Waals surface area contributed by atoms with Crippen LogP contribution in [0.25, 0.3) is 11.0 Å². The van der Waals surface area contributed by atoms with Crippen molar-refractivity contribution in [3.05, 3.63) is 31.5 Å². The predicted octanol–water partition coefficient (Wildman–Crippen LogP) is -2.90. The van der Waals surface area contributed by atoms with Crippen LogP contribution < -0.4 is 56.3 Å². The van der Waals surface area contributed by atoms with Crippen LogP contribution in [0.1, 0.15) is 1.43 Å². The average molecular weight is 282 g/mol. The number of hydrogen-bond donors (Lipinski definition) is 1. The maximum atomic E-state index is 11.0. The normalized spacial score (nSPS) is 10.0. The van der Waals surface area contributed by atoms with Crippen LogP contribution in [0.2, 0.25) is 0 Å². The Morgan fingerprint density at radius 1 is 1.33 bits per heavy atom. The molecule has 18 heavy (non-hydrogen) atoms. The summed E-state index contributed by atoms with van der Waals surface area (Å²) in [6.45, 7) is 0. The molecule has 1 N–H and O–H groups in total. The van der Waals surface area contributed by atoms with E-state index in [2.05, 4.69) is 9.79 Å². The van der Waals surface area contributed by atoms with Crippen LogP contribution in [0.3, 0.4) is 0 Å². The zero-order chi connectivity index (χ0) is 12.7. The fourth-order valence-corrected chi connectivity index (χ4v) is 1.28. The van der Waals surface area contributed by atoms with Gasteiger partial charge in [0.2, 0.25) is 0 Å². The van der Waals surface area contributed by atoms with Gasteiger partial charge in [0.15, 0.2) is 0 Å². The molecule has 1 aromatic carbocycles. The zero-order valence-corrected chi connectivity index (χ0v) is 11.9. The molecule has 0 spiro atoms. The summed E-state index contributed by atoms with van der Waals surface area (Å²) in [6.07, 6.45) is 0. The van der Waals surface area contributed by atoms with E-state index >= 15 is 0 Å². The molecule has 0 unspecified atom stereocenters. The van der Waals surface area contributed by atoms with Crippen LogP contribution >= 0.6 is 0 Å². The molecule has 0 radical (unpaired) electrons. The van der Waals surface area contributed by atoms with Crippen molar-refractivity contribution < 1.29 is 77.3 Å². The maximum Gasteiger partial charge on any atom is 1.00 e. The Balaban J connectivity index is 0.00000162. The minimum Gasteiger partial charge on any atom is -1.00 e. The van der Waals surface area contributed by atoms with E-state index in [1.807, 2.05) is 0 Å². The number of hydrogen-bond acceptors (Lipinski definition) is 8. The first-order valence-corrected chi connectivity index (χ1v) is 3.97. The number of phenolic OH excluding ortho intramolecular Hbond substituents is 1. The number of rotatable bonds is 2. The van der Waals surface area contributed by atoms with E-state index in [1.165, 1.54) is 0 Å². The Morgan fingerprint density at radius 3 is 2.39 bits per heavy atom. The second-order valence-electron chi connectivity index (χ2n) is 2.90. The van der Waals surface area contributed by atoms with Gasteiger partial charge in [-0.25, -0.2) is 0 Å². The molecule has 0 aliphatic heterocycles. The summed E-state index contributed by atoms with van der Waals surface area (Å²) in [5.41, 5.74) is -3.10. The molecule has 2 rings (SSSR count). The third kappa shape index (κ3) is 2.15. The molecule has 0 saturated carbocycles. The standard InChI is InChI=1S/C6H2N4O7.K.H/c11-6-3(9(14)15)1-2(8(12)13)4-5(6)10(16)17-7-4;;/h1,11H;;/q;+1;-1. The number of aromatic hydroxyl groups is 1. The number of fused-ring (bicyclic) bond motifs is 1. The van der Waals surface area contributed by atoms with Crippen molar-refractivity contribution in [1.82, 2.24) is 5.16 Å². The van der Waals surface area contributed by atoms with Gasteiger partial charge in [0.25, 0.3) is 11.3 Å². The summed E-state index contributed by atoms with van der Waals surface area (Å²) in [7, 11) is 0. The summed E-state index contributed by atoms with van der Waals surface area (Å²) >= 11 is 0. The van der Waals surface area contributed by atoms with Crippen molar-refractivity contribution in [1.29, 1.82) is 0 Å². The minimum absolute atomic E-state index is 0. The smallest absolute Gasteiger partial charge is 1.00 e. The van der Waals surface area contributed by atoms with Gasteiger partial charge in [0.05, 0.1) is 15.0 Å². The van der Waals surface area contributed by atoms with Gasteiger partial charge in [-0.1, -0.05) is 0 Å². The van der Waals surface area contributed by atoms with Crippen molar-refractivity contribution in [2.75, 3.05) is 0 Å². The van der Waals surface area contributed by atoms with Crippen LogP contribution in [-0.2, 0) is 0 Å². The van der Waals surface area contributed by atoms with E-state index in [9.17, 15) is 30.5 Å². The molecule has 0 atom stereocenters. The summed E-state index contributed by atoms with van der Waals surface area (Å²) in [5.74, 6) is -1.04. The third-order valence-corrected chi connectivity index (χ3v) is 1.99. The second-order valence-corrected chi connectivity index (χ2v) is 2.90. The Morgan fingerprint density at radius 2 is 1.89 bits per heavy atom. The van der Waals surface area contributed by atoms with Gasteiger partial charge in [-0.05, 0) is 4.90 Å². The van der Waals surface area contributed by atoms with Gasteiger partial charge in [-0.15, -0.1) is 0 Å².